The van der Waals surface area contributed by atoms with Gasteiger partial charge in [-0.2, -0.15) is 5.10 Å². The Morgan fingerprint density at radius 3 is 2.46 bits per heavy atom. The molecule has 0 aromatic carbocycles. The van der Waals surface area contributed by atoms with Crippen LogP contribution in [-0.4, -0.2) is 83.2 Å². The lowest BCUT2D eigenvalue weighted by Crippen LogP contribution is -2.53. The van der Waals surface area contributed by atoms with Gasteiger partial charge in [0.15, 0.2) is 0 Å². The Bertz CT molecular complexity index is 646. The van der Waals surface area contributed by atoms with Gasteiger partial charge in [-0.3, -0.25) is 19.2 Å². The number of nitrogens with one attached hydrogen (secondary N) is 2. The van der Waals surface area contributed by atoms with Gasteiger partial charge < -0.3 is 15.5 Å². The lowest BCUT2D eigenvalue weighted by molar-refractivity contribution is -0.137. The van der Waals surface area contributed by atoms with Gasteiger partial charge in [0.2, 0.25) is 11.8 Å². The third-order valence-electron chi connectivity index (χ3n) is 5.19. The van der Waals surface area contributed by atoms with Crippen LogP contribution in [0.3, 0.4) is 0 Å². The fourth-order valence-corrected chi connectivity index (χ4v) is 3.85. The van der Waals surface area contributed by atoms with Crippen LogP contribution in [0.2, 0.25) is 0 Å². The number of aromatic nitrogens is 2. The van der Waals surface area contributed by atoms with Gasteiger partial charge in [0, 0.05) is 64.5 Å². The first kappa shape index (κ1) is 24.7. The highest BCUT2D eigenvalue weighted by atomic mass is 35.5. The Morgan fingerprint density at radius 2 is 1.89 bits per heavy atom. The summed E-state index contributed by atoms with van der Waals surface area (Å²) < 4.78 is 1.79. The first-order valence-corrected chi connectivity index (χ1v) is 9.44. The molecular formula is C18H32Cl2N6O2. The fraction of sp³-hybridized carbons (Fsp3) is 0.722. The average molecular weight is 435 g/mol. The summed E-state index contributed by atoms with van der Waals surface area (Å²) in [6, 6.07) is 0.157. The second-order valence-corrected chi connectivity index (χ2v) is 7.64. The summed E-state index contributed by atoms with van der Waals surface area (Å²) in [4.78, 5) is 29.0. The molecule has 0 bridgehead atoms. The van der Waals surface area contributed by atoms with E-state index in [1.807, 2.05) is 38.2 Å². The molecule has 1 aromatic heterocycles. The molecule has 2 atom stereocenters. The van der Waals surface area contributed by atoms with E-state index in [2.05, 4.69) is 20.6 Å². The summed E-state index contributed by atoms with van der Waals surface area (Å²) in [5.41, 5.74) is 1.12. The third kappa shape index (κ3) is 6.07. The van der Waals surface area contributed by atoms with Crippen molar-refractivity contribution < 1.29 is 9.59 Å². The van der Waals surface area contributed by atoms with E-state index in [0.29, 0.717) is 19.6 Å². The molecule has 2 aliphatic heterocycles. The highest BCUT2D eigenvalue weighted by Gasteiger charge is 2.37. The molecule has 2 aliphatic rings. The number of nitrogens with zero attached hydrogens (tertiary/aromatic N) is 4. The summed E-state index contributed by atoms with van der Waals surface area (Å²) in [5, 5.41) is 10.5. The van der Waals surface area contributed by atoms with E-state index < -0.39 is 0 Å². The predicted molar refractivity (Wildman–Crippen MR) is 113 cm³/mol. The minimum absolute atomic E-state index is 0. The number of hydrogen-bond donors (Lipinski definition) is 2. The summed E-state index contributed by atoms with van der Waals surface area (Å²) in [7, 11) is 1.90. The number of carbonyl (C=O) groups excluding carboxylic acids is 2. The zero-order chi connectivity index (χ0) is 18.7. The maximum Gasteiger partial charge on any atom is 0.234 e. The molecule has 2 amide bonds. The van der Waals surface area contributed by atoms with Crippen LogP contribution in [0.4, 0.5) is 0 Å². The first-order valence-electron chi connectivity index (χ1n) is 9.44. The molecule has 1 aromatic rings. The molecule has 3 rings (SSSR count). The number of amides is 2. The summed E-state index contributed by atoms with van der Waals surface area (Å²) in [6.07, 6.45) is 3.87. The monoisotopic (exact) mass is 434 g/mol. The van der Waals surface area contributed by atoms with Gasteiger partial charge in [-0.25, -0.2) is 0 Å². The van der Waals surface area contributed by atoms with Crippen molar-refractivity contribution in [1.29, 1.82) is 0 Å². The van der Waals surface area contributed by atoms with Gasteiger partial charge in [0.1, 0.15) is 0 Å². The van der Waals surface area contributed by atoms with Crippen molar-refractivity contribution in [1.82, 2.24) is 30.2 Å². The van der Waals surface area contributed by atoms with Crippen LogP contribution in [-0.2, 0) is 16.6 Å². The van der Waals surface area contributed by atoms with Crippen LogP contribution < -0.4 is 10.6 Å². The molecule has 2 N–H and O–H groups in total. The van der Waals surface area contributed by atoms with Gasteiger partial charge in [-0.15, -0.1) is 24.8 Å². The molecule has 0 radical (unpaired) electrons. The van der Waals surface area contributed by atoms with Gasteiger partial charge in [0.05, 0.1) is 18.7 Å². The number of halogens is 2. The molecule has 2 fully saturated rings. The Hall–Kier alpha value is -1.35. The number of aryl methyl sites for hydroxylation is 1. The highest BCUT2D eigenvalue weighted by molar-refractivity contribution is 5.85. The van der Waals surface area contributed by atoms with Crippen molar-refractivity contribution in [2.45, 2.75) is 25.8 Å². The Balaban J connectivity index is 0.00000196. The molecule has 0 unspecified atom stereocenters. The lowest BCUT2D eigenvalue weighted by atomic mass is 9.89. The molecule has 28 heavy (non-hydrogen) atoms. The largest absolute Gasteiger partial charge is 0.353 e. The number of hydrogen-bond acceptors (Lipinski definition) is 5. The van der Waals surface area contributed by atoms with Crippen molar-refractivity contribution >= 4 is 36.6 Å². The standard InChI is InChI=1S/C18H30N6O2.2ClH/c1-13(2)21-17(25)12-23-4-6-24(7-5-23)18(26)16-10-19-9-15(16)14-8-20-22(3)11-14;;/h8,11,13,15-16,19H,4-7,9-10,12H2,1-3H3,(H,21,25);2*1H/t15-,16+;;/m1../s1. The smallest absolute Gasteiger partial charge is 0.234 e. The van der Waals surface area contributed by atoms with Crippen molar-refractivity contribution in [2.75, 3.05) is 45.8 Å². The van der Waals surface area contributed by atoms with E-state index in [-0.39, 0.29) is 54.5 Å². The molecule has 8 nitrogen and oxygen atoms in total. The highest BCUT2D eigenvalue weighted by Crippen LogP contribution is 2.29. The first-order chi connectivity index (χ1) is 12.4. The quantitative estimate of drug-likeness (QED) is 0.693. The van der Waals surface area contributed by atoms with E-state index in [1.165, 1.54) is 0 Å². The molecule has 0 aliphatic carbocycles. The molecule has 2 saturated heterocycles. The van der Waals surface area contributed by atoms with E-state index in [4.69, 9.17) is 0 Å². The Morgan fingerprint density at radius 1 is 1.21 bits per heavy atom. The molecule has 160 valence electrons. The van der Waals surface area contributed by atoms with E-state index in [9.17, 15) is 9.59 Å². The van der Waals surface area contributed by atoms with Gasteiger partial charge in [0.25, 0.3) is 0 Å². The minimum atomic E-state index is -0.0324. The summed E-state index contributed by atoms with van der Waals surface area (Å²) in [6.45, 7) is 8.72. The SMILES string of the molecule is CC(C)NC(=O)CN1CCN(C(=O)[C@H]2CNC[C@@H]2c2cnn(C)c2)CC1.Cl.Cl. The number of rotatable bonds is 5. The second-order valence-electron chi connectivity index (χ2n) is 7.64. The number of carbonyl (C=O) groups is 2. The normalized spacial score (nSPS) is 22.5. The fourth-order valence-electron chi connectivity index (χ4n) is 3.85. The van der Waals surface area contributed by atoms with E-state index in [0.717, 1.165) is 31.7 Å². The van der Waals surface area contributed by atoms with E-state index >= 15 is 0 Å². The second kappa shape index (κ2) is 11.0. The van der Waals surface area contributed by atoms with E-state index in [1.54, 1.807) is 4.68 Å². The summed E-state index contributed by atoms with van der Waals surface area (Å²) >= 11 is 0. The van der Waals surface area contributed by atoms with Crippen molar-refractivity contribution in [2.24, 2.45) is 13.0 Å². The predicted octanol–water partition coefficient (Wildman–Crippen LogP) is 0.236. The van der Waals surface area contributed by atoms with Gasteiger partial charge in [-0.1, -0.05) is 0 Å². The van der Waals surface area contributed by atoms with Crippen LogP contribution in [0, 0.1) is 5.92 Å². The van der Waals surface area contributed by atoms with Crippen LogP contribution in [0.15, 0.2) is 12.4 Å². The molecule has 10 heteroatoms. The third-order valence-corrected chi connectivity index (χ3v) is 5.19. The zero-order valence-corrected chi connectivity index (χ0v) is 18.4. The topological polar surface area (TPSA) is 82.5 Å². The van der Waals surface area contributed by atoms with Crippen LogP contribution in [0.1, 0.15) is 25.3 Å². The maximum absolute atomic E-state index is 13.0. The van der Waals surface area contributed by atoms with Crippen LogP contribution in [0.5, 0.6) is 0 Å². The van der Waals surface area contributed by atoms with Gasteiger partial charge >= 0.3 is 0 Å². The minimum Gasteiger partial charge on any atom is -0.353 e. The number of piperazine rings is 1. The maximum atomic E-state index is 13.0. The van der Waals surface area contributed by atoms with Crippen LogP contribution in [0.25, 0.3) is 0 Å². The van der Waals surface area contributed by atoms with Gasteiger partial charge in [-0.05, 0) is 19.4 Å². The lowest BCUT2D eigenvalue weighted by Gasteiger charge is -2.36. The van der Waals surface area contributed by atoms with Crippen LogP contribution >= 0.6 is 24.8 Å². The Kier molecular flexibility index (Phi) is 9.69. The Labute approximate surface area is 179 Å². The molecule has 3 heterocycles. The molecule has 0 spiro atoms. The zero-order valence-electron chi connectivity index (χ0n) is 16.8. The molecular weight excluding hydrogens is 403 g/mol. The summed E-state index contributed by atoms with van der Waals surface area (Å²) in [5.74, 6) is 0.424. The van der Waals surface area contributed by atoms with Crippen molar-refractivity contribution in [3.63, 3.8) is 0 Å². The van der Waals surface area contributed by atoms with Crippen molar-refractivity contribution in [3.05, 3.63) is 18.0 Å². The van der Waals surface area contributed by atoms with Crippen molar-refractivity contribution in [3.8, 4) is 0 Å². The molecule has 0 saturated carbocycles. The average Bonchev–Trinajstić information content (AvgIpc) is 3.22.